The van der Waals surface area contributed by atoms with Crippen LogP contribution in [0.4, 0.5) is 5.00 Å². The van der Waals surface area contributed by atoms with E-state index in [4.69, 9.17) is 9.47 Å². The van der Waals surface area contributed by atoms with Gasteiger partial charge in [-0.15, -0.1) is 21.5 Å². The molecule has 0 fully saturated rings. The second-order valence-corrected chi connectivity index (χ2v) is 10.1. The second kappa shape index (κ2) is 10.9. The molecule has 1 unspecified atom stereocenters. The molecule has 1 aromatic carbocycles. The van der Waals surface area contributed by atoms with Crippen molar-refractivity contribution in [3.05, 3.63) is 46.1 Å². The predicted octanol–water partition coefficient (Wildman–Crippen LogP) is 4.58. The minimum absolute atomic E-state index is 0.161. The van der Waals surface area contributed by atoms with Crippen molar-refractivity contribution in [3.63, 3.8) is 0 Å². The van der Waals surface area contributed by atoms with Crippen molar-refractivity contribution < 1.29 is 14.3 Å². The summed E-state index contributed by atoms with van der Waals surface area (Å²) >= 11 is 2.85. The molecule has 0 saturated heterocycles. The molecule has 1 atom stereocenters. The Morgan fingerprint density at radius 3 is 2.79 bits per heavy atom. The van der Waals surface area contributed by atoms with Crippen molar-refractivity contribution in [2.24, 2.45) is 13.0 Å². The first-order valence-corrected chi connectivity index (χ1v) is 12.9. The monoisotopic (exact) mass is 497 g/mol. The van der Waals surface area contributed by atoms with Crippen LogP contribution in [0.5, 0.6) is 11.5 Å². The van der Waals surface area contributed by atoms with Crippen LogP contribution in [-0.2, 0) is 31.3 Å². The summed E-state index contributed by atoms with van der Waals surface area (Å²) < 4.78 is 12.7. The fourth-order valence-electron chi connectivity index (χ4n) is 3.92. The van der Waals surface area contributed by atoms with Gasteiger partial charge >= 0.3 is 0 Å². The van der Waals surface area contributed by atoms with Crippen LogP contribution in [0.25, 0.3) is 0 Å². The van der Waals surface area contributed by atoms with Crippen LogP contribution in [0.15, 0.2) is 29.4 Å². The highest BCUT2D eigenvalue weighted by Crippen LogP contribution is 2.40. The Balaban J connectivity index is 1.33. The third kappa shape index (κ3) is 5.37. The maximum absolute atomic E-state index is 12.6. The summed E-state index contributed by atoms with van der Waals surface area (Å²) in [5, 5.41) is 22.3. The highest BCUT2D eigenvalue weighted by molar-refractivity contribution is 7.99. The van der Waals surface area contributed by atoms with Crippen LogP contribution in [-0.4, -0.2) is 33.5 Å². The summed E-state index contributed by atoms with van der Waals surface area (Å²) in [5.74, 6) is 2.80. The summed E-state index contributed by atoms with van der Waals surface area (Å²) in [4.78, 5) is 13.9. The zero-order valence-electron chi connectivity index (χ0n) is 19.5. The summed E-state index contributed by atoms with van der Waals surface area (Å²) in [6.07, 6.45) is 4.16. The molecule has 2 heterocycles. The number of thioether (sulfide) groups is 1. The van der Waals surface area contributed by atoms with Gasteiger partial charge in [0.15, 0.2) is 11.0 Å². The fraction of sp³-hybridized carbons (Fsp3) is 0.417. The maximum atomic E-state index is 12.6. The number of carbonyl (C=O) groups excluding carboxylic acids is 1. The Morgan fingerprint density at radius 2 is 2.09 bits per heavy atom. The van der Waals surface area contributed by atoms with Gasteiger partial charge in [-0.05, 0) is 55.0 Å². The van der Waals surface area contributed by atoms with Crippen molar-refractivity contribution >= 4 is 34.0 Å². The highest BCUT2D eigenvalue weighted by Gasteiger charge is 2.26. The summed E-state index contributed by atoms with van der Waals surface area (Å²) in [5.41, 5.74) is 1.75. The Labute approximate surface area is 207 Å². The number of nitrogens with one attached hydrogen (secondary N) is 1. The molecule has 8 nitrogen and oxygen atoms in total. The van der Waals surface area contributed by atoms with E-state index >= 15 is 0 Å². The lowest BCUT2D eigenvalue weighted by Gasteiger charge is -2.20. The Kier molecular flexibility index (Phi) is 7.75. The Morgan fingerprint density at radius 1 is 1.32 bits per heavy atom. The first kappa shape index (κ1) is 24.1. The molecule has 1 N–H and O–H groups in total. The molecule has 178 valence electrons. The number of fused-ring (bicyclic) bond motifs is 1. The number of anilines is 1. The summed E-state index contributed by atoms with van der Waals surface area (Å²) in [6, 6.07) is 9.62. The van der Waals surface area contributed by atoms with Gasteiger partial charge in [-0.1, -0.05) is 25.1 Å². The van der Waals surface area contributed by atoms with Gasteiger partial charge in [0.2, 0.25) is 5.91 Å². The zero-order valence-corrected chi connectivity index (χ0v) is 21.1. The molecule has 0 aliphatic heterocycles. The standard InChI is InChI=1S/C24H27N5O3S2/c1-4-15-5-10-18-19(12-25)23(34-20(18)11-15)26-22(30)14-33-24-28-27-21(29(24)2)13-32-17-8-6-16(31-3)7-9-17/h6-9,15H,4-5,10-11,13-14H2,1-3H3,(H,26,30). The van der Waals surface area contributed by atoms with E-state index in [2.05, 4.69) is 28.5 Å². The van der Waals surface area contributed by atoms with E-state index in [0.29, 0.717) is 33.2 Å². The van der Waals surface area contributed by atoms with E-state index in [1.165, 1.54) is 16.6 Å². The number of carbonyl (C=O) groups is 1. The lowest BCUT2D eigenvalue weighted by Crippen LogP contribution is -2.15. The van der Waals surface area contributed by atoms with Crippen LogP contribution in [0, 0.1) is 17.2 Å². The van der Waals surface area contributed by atoms with E-state index in [-0.39, 0.29) is 18.3 Å². The summed E-state index contributed by atoms with van der Waals surface area (Å²) in [6.45, 7) is 2.46. The van der Waals surface area contributed by atoms with Crippen molar-refractivity contribution in [1.29, 1.82) is 5.26 Å². The number of methoxy groups -OCH3 is 1. The first-order chi connectivity index (χ1) is 16.5. The quantitative estimate of drug-likeness (QED) is 0.432. The average Bonchev–Trinajstić information content (AvgIpc) is 3.39. The number of nitriles is 1. The number of nitrogens with zero attached hydrogens (tertiary/aromatic N) is 4. The Bertz CT molecular complexity index is 1200. The Hall–Kier alpha value is -3.03. The van der Waals surface area contributed by atoms with E-state index in [0.717, 1.165) is 37.0 Å². The van der Waals surface area contributed by atoms with Crippen molar-refractivity contribution in [2.45, 2.75) is 44.4 Å². The molecule has 10 heteroatoms. The number of amides is 1. The topological polar surface area (TPSA) is 102 Å². The summed E-state index contributed by atoms with van der Waals surface area (Å²) in [7, 11) is 3.46. The van der Waals surface area contributed by atoms with Crippen molar-refractivity contribution in [1.82, 2.24) is 14.8 Å². The highest BCUT2D eigenvalue weighted by atomic mass is 32.2. The normalized spacial score (nSPS) is 14.8. The van der Waals surface area contributed by atoms with Gasteiger partial charge in [0.1, 0.15) is 29.2 Å². The molecule has 2 aromatic heterocycles. The molecule has 0 bridgehead atoms. The molecule has 34 heavy (non-hydrogen) atoms. The number of aromatic nitrogens is 3. The number of benzene rings is 1. The molecule has 3 aromatic rings. The van der Waals surface area contributed by atoms with Gasteiger partial charge in [-0.2, -0.15) is 5.26 Å². The van der Waals surface area contributed by atoms with Crippen LogP contribution in [0.1, 0.15) is 41.6 Å². The molecule has 1 amide bonds. The molecule has 1 aliphatic carbocycles. The smallest absolute Gasteiger partial charge is 0.235 e. The molecular weight excluding hydrogens is 470 g/mol. The van der Waals surface area contributed by atoms with Gasteiger partial charge in [-0.25, -0.2) is 0 Å². The first-order valence-electron chi connectivity index (χ1n) is 11.1. The lowest BCUT2D eigenvalue weighted by atomic mass is 9.86. The van der Waals surface area contributed by atoms with E-state index in [9.17, 15) is 10.1 Å². The third-order valence-electron chi connectivity index (χ3n) is 5.99. The van der Waals surface area contributed by atoms with Crippen LogP contribution in [0.3, 0.4) is 0 Å². The molecule has 1 aliphatic rings. The number of hydrogen-bond acceptors (Lipinski definition) is 8. The van der Waals surface area contributed by atoms with Gasteiger partial charge in [0.25, 0.3) is 0 Å². The third-order valence-corrected chi connectivity index (χ3v) is 8.18. The molecule has 0 saturated carbocycles. The van der Waals surface area contributed by atoms with Crippen LogP contribution < -0.4 is 14.8 Å². The SMILES string of the molecule is CCC1CCc2c(sc(NC(=O)CSc3nnc(COc4ccc(OC)cc4)n3C)c2C#N)C1. The van der Waals surface area contributed by atoms with Crippen LogP contribution >= 0.6 is 23.1 Å². The van der Waals surface area contributed by atoms with Gasteiger partial charge in [0, 0.05) is 11.9 Å². The second-order valence-electron chi connectivity index (χ2n) is 8.10. The number of rotatable bonds is 9. The minimum Gasteiger partial charge on any atom is -0.497 e. The molecule has 4 rings (SSSR count). The number of thiophene rings is 1. The minimum atomic E-state index is -0.161. The van der Waals surface area contributed by atoms with Gasteiger partial charge in [-0.3, -0.25) is 4.79 Å². The largest absolute Gasteiger partial charge is 0.497 e. The molecular formula is C24H27N5O3S2. The molecule has 0 radical (unpaired) electrons. The maximum Gasteiger partial charge on any atom is 0.235 e. The fourth-order valence-corrected chi connectivity index (χ4v) is 5.98. The van der Waals surface area contributed by atoms with Crippen LogP contribution in [0.2, 0.25) is 0 Å². The van der Waals surface area contributed by atoms with Gasteiger partial charge in [0.05, 0.1) is 18.4 Å². The van der Waals surface area contributed by atoms with Crippen molar-refractivity contribution in [3.8, 4) is 17.6 Å². The molecule has 0 spiro atoms. The van der Waals surface area contributed by atoms with E-state index in [1.54, 1.807) is 18.4 Å². The zero-order chi connectivity index (χ0) is 24.1. The number of ether oxygens (including phenoxy) is 2. The van der Waals surface area contributed by atoms with E-state index in [1.807, 2.05) is 35.9 Å². The number of hydrogen-bond donors (Lipinski definition) is 1. The van der Waals surface area contributed by atoms with E-state index < -0.39 is 0 Å². The van der Waals surface area contributed by atoms with Crippen molar-refractivity contribution in [2.75, 3.05) is 18.2 Å². The van der Waals surface area contributed by atoms with Gasteiger partial charge < -0.3 is 19.4 Å². The predicted molar refractivity (Wildman–Crippen MR) is 133 cm³/mol. The average molecular weight is 498 g/mol. The lowest BCUT2D eigenvalue weighted by molar-refractivity contribution is -0.113.